The Labute approximate surface area is 159 Å². The molecular weight excluding hydrogens is 366 g/mol. The predicted octanol–water partition coefficient (Wildman–Crippen LogP) is 2.46. The van der Waals surface area contributed by atoms with Crippen molar-refractivity contribution < 1.29 is 24.0 Å². The van der Waals surface area contributed by atoms with Crippen molar-refractivity contribution in [2.24, 2.45) is 0 Å². The van der Waals surface area contributed by atoms with Crippen molar-refractivity contribution in [1.29, 1.82) is 0 Å². The zero-order valence-electron chi connectivity index (χ0n) is 14.6. The van der Waals surface area contributed by atoms with Crippen LogP contribution in [0.15, 0.2) is 48.2 Å². The highest BCUT2D eigenvalue weighted by Crippen LogP contribution is 2.31. The van der Waals surface area contributed by atoms with Gasteiger partial charge in [0.15, 0.2) is 11.5 Å². The van der Waals surface area contributed by atoms with Crippen molar-refractivity contribution in [1.82, 2.24) is 10.2 Å². The fourth-order valence-corrected chi connectivity index (χ4v) is 2.98. The van der Waals surface area contributed by atoms with E-state index in [-0.39, 0.29) is 17.9 Å². The van der Waals surface area contributed by atoms with E-state index >= 15 is 0 Å². The van der Waals surface area contributed by atoms with Crippen LogP contribution < -0.4 is 14.8 Å². The number of benzene rings is 2. The second-order valence-corrected chi connectivity index (χ2v) is 6.21. The molecule has 9 nitrogen and oxygen atoms in total. The third-order valence-corrected chi connectivity index (χ3v) is 4.30. The van der Waals surface area contributed by atoms with Gasteiger partial charge in [0.1, 0.15) is 18.9 Å². The SMILES string of the molecule is O=C1N/C(=C/c2cccc([N+](=O)[O-])c2)C(=O)N1Cc1ccc2c(c1)OCCO2. The standard InChI is InChI=1S/C19H15N3O6/c23-18-15(9-12-2-1-3-14(8-12)22(25)26)20-19(24)21(18)11-13-4-5-16-17(10-13)28-7-6-27-16/h1-5,8-10H,6-7,11H2,(H,20,24)/b15-9+. The van der Waals surface area contributed by atoms with Crippen molar-refractivity contribution in [3.8, 4) is 11.5 Å². The first-order valence-corrected chi connectivity index (χ1v) is 8.49. The molecule has 0 aromatic heterocycles. The number of hydrogen-bond donors (Lipinski definition) is 1. The Morgan fingerprint density at radius 2 is 1.89 bits per heavy atom. The Balaban J connectivity index is 1.54. The molecule has 2 aromatic carbocycles. The maximum atomic E-state index is 12.6. The summed E-state index contributed by atoms with van der Waals surface area (Å²) in [5, 5.41) is 13.4. The number of rotatable bonds is 4. The largest absolute Gasteiger partial charge is 0.486 e. The van der Waals surface area contributed by atoms with Crippen LogP contribution in [-0.2, 0) is 11.3 Å². The lowest BCUT2D eigenvalue weighted by Crippen LogP contribution is -2.30. The number of ether oxygens (including phenoxy) is 2. The molecule has 9 heteroatoms. The van der Waals surface area contributed by atoms with Crippen LogP contribution in [0, 0.1) is 10.1 Å². The van der Waals surface area contributed by atoms with Gasteiger partial charge in [-0.15, -0.1) is 0 Å². The molecule has 2 heterocycles. The first-order chi connectivity index (χ1) is 13.5. The van der Waals surface area contributed by atoms with Gasteiger partial charge in [-0.25, -0.2) is 4.79 Å². The number of fused-ring (bicyclic) bond motifs is 1. The van der Waals surface area contributed by atoms with Crippen LogP contribution >= 0.6 is 0 Å². The lowest BCUT2D eigenvalue weighted by atomic mass is 10.1. The maximum Gasteiger partial charge on any atom is 0.329 e. The average Bonchev–Trinajstić information content (AvgIpc) is 2.95. The molecule has 1 saturated heterocycles. The van der Waals surface area contributed by atoms with E-state index in [1.165, 1.54) is 24.3 Å². The van der Waals surface area contributed by atoms with E-state index in [4.69, 9.17) is 9.47 Å². The Kier molecular flexibility index (Phi) is 4.40. The minimum Gasteiger partial charge on any atom is -0.486 e. The van der Waals surface area contributed by atoms with Crippen molar-refractivity contribution in [2.45, 2.75) is 6.54 Å². The molecule has 0 atom stereocenters. The third-order valence-electron chi connectivity index (χ3n) is 4.30. The quantitative estimate of drug-likeness (QED) is 0.377. The summed E-state index contributed by atoms with van der Waals surface area (Å²) in [5.41, 5.74) is 1.12. The highest BCUT2D eigenvalue weighted by atomic mass is 16.6. The Morgan fingerprint density at radius 1 is 1.11 bits per heavy atom. The van der Waals surface area contributed by atoms with Gasteiger partial charge < -0.3 is 14.8 Å². The van der Waals surface area contributed by atoms with Gasteiger partial charge in [0.2, 0.25) is 0 Å². The minimum absolute atomic E-state index is 0.0584. The number of hydrogen-bond acceptors (Lipinski definition) is 6. The number of nitrogens with zero attached hydrogens (tertiary/aromatic N) is 2. The van der Waals surface area contributed by atoms with Crippen LogP contribution in [0.25, 0.3) is 6.08 Å². The molecule has 0 aliphatic carbocycles. The summed E-state index contributed by atoms with van der Waals surface area (Å²) in [7, 11) is 0. The zero-order valence-corrected chi connectivity index (χ0v) is 14.6. The van der Waals surface area contributed by atoms with Crippen molar-refractivity contribution >= 4 is 23.7 Å². The highest BCUT2D eigenvalue weighted by Gasteiger charge is 2.33. The molecule has 0 radical (unpaired) electrons. The van der Waals surface area contributed by atoms with E-state index in [1.54, 1.807) is 24.3 Å². The number of amides is 3. The normalized spacial score (nSPS) is 17.0. The van der Waals surface area contributed by atoms with E-state index < -0.39 is 16.9 Å². The average molecular weight is 381 g/mol. The lowest BCUT2D eigenvalue weighted by molar-refractivity contribution is -0.384. The monoisotopic (exact) mass is 381 g/mol. The molecule has 2 aliphatic heterocycles. The summed E-state index contributed by atoms with van der Waals surface area (Å²) in [5.74, 6) is 0.688. The number of carbonyl (C=O) groups excluding carboxylic acids is 2. The molecule has 1 N–H and O–H groups in total. The van der Waals surface area contributed by atoms with E-state index in [0.29, 0.717) is 35.8 Å². The molecule has 4 rings (SSSR count). The molecule has 28 heavy (non-hydrogen) atoms. The van der Waals surface area contributed by atoms with Gasteiger partial charge in [-0.3, -0.25) is 19.8 Å². The second kappa shape index (κ2) is 7.03. The molecule has 142 valence electrons. The molecule has 2 aromatic rings. The summed E-state index contributed by atoms with van der Waals surface area (Å²) < 4.78 is 11.0. The number of imide groups is 1. The van der Waals surface area contributed by atoms with Crippen LogP contribution in [0.2, 0.25) is 0 Å². The molecule has 1 fully saturated rings. The Morgan fingerprint density at radius 3 is 2.68 bits per heavy atom. The molecule has 0 spiro atoms. The van der Waals surface area contributed by atoms with Gasteiger partial charge in [-0.05, 0) is 29.3 Å². The van der Waals surface area contributed by atoms with E-state index in [2.05, 4.69) is 5.32 Å². The van der Waals surface area contributed by atoms with Gasteiger partial charge in [0.25, 0.3) is 11.6 Å². The maximum absolute atomic E-state index is 12.6. The number of non-ortho nitro benzene ring substituents is 1. The highest BCUT2D eigenvalue weighted by molar-refractivity contribution is 6.13. The predicted molar refractivity (Wildman–Crippen MR) is 97.6 cm³/mol. The Hall–Kier alpha value is -3.88. The topological polar surface area (TPSA) is 111 Å². The van der Waals surface area contributed by atoms with Gasteiger partial charge in [-0.1, -0.05) is 18.2 Å². The fraction of sp³-hybridized carbons (Fsp3) is 0.158. The van der Waals surface area contributed by atoms with Gasteiger partial charge in [0.05, 0.1) is 11.5 Å². The summed E-state index contributed by atoms with van der Waals surface area (Å²) >= 11 is 0. The van der Waals surface area contributed by atoms with Gasteiger partial charge in [-0.2, -0.15) is 0 Å². The van der Waals surface area contributed by atoms with Crippen molar-refractivity contribution in [3.05, 3.63) is 69.4 Å². The fourth-order valence-electron chi connectivity index (χ4n) is 2.98. The van der Waals surface area contributed by atoms with Gasteiger partial charge >= 0.3 is 6.03 Å². The zero-order chi connectivity index (χ0) is 19.7. The number of nitrogens with one attached hydrogen (secondary N) is 1. The number of carbonyl (C=O) groups is 2. The third kappa shape index (κ3) is 3.37. The smallest absolute Gasteiger partial charge is 0.329 e. The summed E-state index contributed by atoms with van der Waals surface area (Å²) in [6, 6.07) is 10.5. The molecule has 3 amide bonds. The van der Waals surface area contributed by atoms with Crippen LogP contribution in [0.4, 0.5) is 10.5 Å². The first kappa shape index (κ1) is 17.5. The minimum atomic E-state index is -0.559. The van der Waals surface area contributed by atoms with Crippen LogP contribution in [0.3, 0.4) is 0 Å². The Bertz CT molecular complexity index is 1020. The summed E-state index contributed by atoms with van der Waals surface area (Å²) in [6.07, 6.45) is 1.41. The first-order valence-electron chi connectivity index (χ1n) is 8.49. The summed E-state index contributed by atoms with van der Waals surface area (Å²) in [6.45, 7) is 0.981. The van der Waals surface area contributed by atoms with Gasteiger partial charge in [0, 0.05) is 12.1 Å². The number of nitro benzene ring substituents is 1. The number of urea groups is 1. The molecular formula is C19H15N3O6. The van der Waals surface area contributed by atoms with E-state index in [1.807, 2.05) is 0 Å². The molecule has 0 bridgehead atoms. The van der Waals surface area contributed by atoms with Crippen LogP contribution in [-0.4, -0.2) is 35.0 Å². The molecule has 0 saturated carbocycles. The molecule has 0 unspecified atom stereocenters. The second-order valence-electron chi connectivity index (χ2n) is 6.21. The van der Waals surface area contributed by atoms with E-state index in [0.717, 1.165) is 4.90 Å². The van der Waals surface area contributed by atoms with Crippen LogP contribution in [0.5, 0.6) is 11.5 Å². The van der Waals surface area contributed by atoms with Crippen molar-refractivity contribution in [3.63, 3.8) is 0 Å². The number of nitro groups is 1. The molecule has 2 aliphatic rings. The van der Waals surface area contributed by atoms with Crippen LogP contribution in [0.1, 0.15) is 11.1 Å². The lowest BCUT2D eigenvalue weighted by Gasteiger charge is -2.19. The summed E-state index contributed by atoms with van der Waals surface area (Å²) in [4.78, 5) is 36.3. The van der Waals surface area contributed by atoms with E-state index in [9.17, 15) is 19.7 Å². The van der Waals surface area contributed by atoms with Crippen molar-refractivity contribution in [2.75, 3.05) is 13.2 Å².